The molecule has 7 nitrogen and oxygen atoms in total. The van der Waals surface area contributed by atoms with Crippen molar-refractivity contribution in [3.63, 3.8) is 0 Å². The molecule has 0 fully saturated rings. The Balaban J connectivity index is 1.83. The summed E-state index contributed by atoms with van der Waals surface area (Å²) in [6.07, 6.45) is 1.81. The molecule has 0 spiro atoms. The van der Waals surface area contributed by atoms with Gasteiger partial charge in [-0.15, -0.1) is 0 Å². The second kappa shape index (κ2) is 9.42. The van der Waals surface area contributed by atoms with Crippen LogP contribution in [0, 0.1) is 0 Å². The van der Waals surface area contributed by atoms with Crippen LogP contribution in [-0.4, -0.2) is 29.1 Å². The maximum Gasteiger partial charge on any atom is 0.320 e. The molecule has 0 aliphatic carbocycles. The zero-order valence-corrected chi connectivity index (χ0v) is 21.2. The first-order valence-corrected chi connectivity index (χ1v) is 14.0. The number of aromatic nitrogens is 3. The Labute approximate surface area is 191 Å². The number of aryl methyl sites for hydroxylation is 1. The largest absolute Gasteiger partial charge is 0.411 e. The average molecular weight is 454 g/mol. The number of nitrogens with zero attached hydrogens (tertiary/aromatic N) is 3. The van der Waals surface area contributed by atoms with Crippen molar-refractivity contribution in [1.82, 2.24) is 20.1 Å². The summed E-state index contributed by atoms with van der Waals surface area (Å²) in [4.78, 5) is 17.4. The quantitative estimate of drug-likeness (QED) is 0.439. The maximum absolute atomic E-state index is 12.6. The predicted octanol–water partition coefficient (Wildman–Crippen LogP) is 5.86. The second-order valence-corrected chi connectivity index (χ2v) is 14.4. The van der Waals surface area contributed by atoms with E-state index in [1.165, 1.54) is 0 Å². The van der Waals surface area contributed by atoms with Gasteiger partial charge >= 0.3 is 6.03 Å². The zero-order valence-electron chi connectivity index (χ0n) is 20.2. The lowest BCUT2D eigenvalue weighted by Gasteiger charge is -2.36. The lowest BCUT2D eigenvalue weighted by molar-refractivity contribution is 0.249. The molecule has 172 valence electrons. The molecule has 1 atom stereocenters. The van der Waals surface area contributed by atoms with Crippen LogP contribution in [0.2, 0.25) is 18.1 Å². The van der Waals surface area contributed by atoms with E-state index in [-0.39, 0.29) is 17.1 Å². The summed E-state index contributed by atoms with van der Waals surface area (Å²) in [7, 11) is -1.96. The molecular formula is C24H35N5O2Si. The van der Waals surface area contributed by atoms with E-state index in [2.05, 4.69) is 56.5 Å². The first-order valence-electron chi connectivity index (χ1n) is 11.1. The molecule has 0 saturated heterocycles. The van der Waals surface area contributed by atoms with Crippen molar-refractivity contribution in [2.45, 2.75) is 71.9 Å². The van der Waals surface area contributed by atoms with E-state index in [1.54, 1.807) is 0 Å². The smallest absolute Gasteiger partial charge is 0.320 e. The molecule has 32 heavy (non-hydrogen) atoms. The van der Waals surface area contributed by atoms with Gasteiger partial charge in [-0.2, -0.15) is 5.10 Å². The van der Waals surface area contributed by atoms with Crippen molar-refractivity contribution in [1.29, 1.82) is 0 Å². The Morgan fingerprint density at radius 1 is 1.22 bits per heavy atom. The number of rotatable bonds is 7. The van der Waals surface area contributed by atoms with Gasteiger partial charge in [-0.25, -0.2) is 9.78 Å². The van der Waals surface area contributed by atoms with Crippen molar-refractivity contribution >= 4 is 31.1 Å². The van der Waals surface area contributed by atoms with Crippen LogP contribution in [0.4, 0.5) is 10.6 Å². The van der Waals surface area contributed by atoms with Gasteiger partial charge in [0.05, 0.1) is 30.1 Å². The van der Waals surface area contributed by atoms with Crippen LogP contribution in [0.3, 0.4) is 0 Å². The molecular weight excluding hydrogens is 418 g/mol. The molecule has 0 unspecified atom stereocenters. The number of hydrogen-bond acceptors (Lipinski definition) is 4. The number of benzene rings is 1. The molecule has 0 saturated carbocycles. The Bertz CT molecular complexity index is 1070. The highest BCUT2D eigenvalue weighted by atomic mass is 28.4. The van der Waals surface area contributed by atoms with Crippen LogP contribution in [0.5, 0.6) is 0 Å². The van der Waals surface area contributed by atoms with Crippen molar-refractivity contribution in [2.24, 2.45) is 0 Å². The third-order valence-corrected chi connectivity index (χ3v) is 10.7. The van der Waals surface area contributed by atoms with Gasteiger partial charge in [-0.1, -0.05) is 51.1 Å². The monoisotopic (exact) mass is 453 g/mol. The summed E-state index contributed by atoms with van der Waals surface area (Å²) >= 11 is 0. The van der Waals surface area contributed by atoms with Crippen LogP contribution in [0.1, 0.15) is 51.9 Å². The summed E-state index contributed by atoms with van der Waals surface area (Å²) in [5.41, 5.74) is 2.78. The first-order chi connectivity index (χ1) is 15.0. The molecule has 0 aliphatic rings. The number of carbonyl (C=O) groups excluding carboxylic acids is 1. The van der Waals surface area contributed by atoms with Crippen LogP contribution in [0.25, 0.3) is 10.9 Å². The standard InChI is InChI=1S/C24H35N5O2Si/c1-8-29-22-19(15-25-29)14-21(27-20(22)16-31-32(6,7)24(3,4)5)28-23(30)26-17(2)18-12-10-9-11-13-18/h9-15,17H,8,16H2,1-7H3,(H2,26,27,28,30)/t17-/m1/s1. The minimum atomic E-state index is -1.96. The highest BCUT2D eigenvalue weighted by molar-refractivity contribution is 6.74. The third kappa shape index (κ3) is 5.36. The van der Waals surface area contributed by atoms with Gasteiger partial charge in [-0.05, 0) is 43.6 Å². The van der Waals surface area contributed by atoms with Crippen molar-refractivity contribution in [3.05, 3.63) is 53.9 Å². The van der Waals surface area contributed by atoms with Gasteiger partial charge < -0.3 is 9.74 Å². The summed E-state index contributed by atoms with van der Waals surface area (Å²) in [5.74, 6) is 0.486. The van der Waals surface area contributed by atoms with Crippen molar-refractivity contribution in [3.8, 4) is 0 Å². The fraction of sp³-hybridized carbons (Fsp3) is 0.458. The van der Waals surface area contributed by atoms with Crippen molar-refractivity contribution in [2.75, 3.05) is 5.32 Å². The minimum absolute atomic E-state index is 0.0977. The highest BCUT2D eigenvalue weighted by Gasteiger charge is 2.37. The number of amides is 2. The van der Waals surface area contributed by atoms with Gasteiger partial charge in [-0.3, -0.25) is 10.00 Å². The number of carbonyl (C=O) groups is 1. The Hall–Kier alpha value is -2.71. The molecule has 8 heteroatoms. The zero-order chi connectivity index (χ0) is 23.5. The van der Waals surface area contributed by atoms with Crippen LogP contribution >= 0.6 is 0 Å². The average Bonchev–Trinajstić information content (AvgIpc) is 3.15. The molecule has 0 bridgehead atoms. The molecule has 0 radical (unpaired) electrons. The Kier molecular flexibility index (Phi) is 7.05. The summed E-state index contributed by atoms with van der Waals surface area (Å²) in [5, 5.41) is 11.4. The number of urea groups is 1. The summed E-state index contributed by atoms with van der Waals surface area (Å²) < 4.78 is 8.37. The van der Waals surface area contributed by atoms with Crippen molar-refractivity contribution < 1.29 is 9.22 Å². The van der Waals surface area contributed by atoms with E-state index in [0.717, 1.165) is 28.7 Å². The summed E-state index contributed by atoms with van der Waals surface area (Å²) in [6, 6.07) is 11.3. The lowest BCUT2D eigenvalue weighted by atomic mass is 10.1. The highest BCUT2D eigenvalue weighted by Crippen LogP contribution is 2.37. The third-order valence-electron chi connectivity index (χ3n) is 6.25. The first kappa shape index (κ1) is 23.9. The number of hydrogen-bond donors (Lipinski definition) is 2. The predicted molar refractivity (Wildman–Crippen MR) is 132 cm³/mol. The Morgan fingerprint density at radius 3 is 2.53 bits per heavy atom. The molecule has 1 aromatic carbocycles. The normalized spacial score (nSPS) is 13.2. The molecule has 2 N–H and O–H groups in total. The molecule has 2 aromatic heterocycles. The molecule has 2 amide bonds. The van der Waals surface area contributed by atoms with Gasteiger partial charge in [0.1, 0.15) is 5.82 Å². The number of pyridine rings is 1. The number of nitrogens with one attached hydrogen (secondary N) is 2. The maximum atomic E-state index is 12.6. The van der Waals surface area contributed by atoms with E-state index in [9.17, 15) is 4.79 Å². The van der Waals surface area contributed by atoms with Crippen LogP contribution in [-0.2, 0) is 17.6 Å². The van der Waals surface area contributed by atoms with Gasteiger partial charge in [0.15, 0.2) is 8.32 Å². The summed E-state index contributed by atoms with van der Waals surface area (Å²) in [6.45, 7) is 16.2. The van der Waals surface area contributed by atoms with Gasteiger partial charge in [0.2, 0.25) is 0 Å². The van der Waals surface area contributed by atoms with Crippen LogP contribution in [0.15, 0.2) is 42.6 Å². The molecule has 3 aromatic rings. The Morgan fingerprint density at radius 2 is 1.91 bits per heavy atom. The van der Waals surface area contributed by atoms with E-state index < -0.39 is 8.32 Å². The SMILES string of the molecule is CCn1ncc2cc(NC(=O)N[C@H](C)c3ccccc3)nc(CO[Si](C)(C)C(C)(C)C)c21. The molecule has 0 aliphatic heterocycles. The van der Waals surface area contributed by atoms with E-state index in [4.69, 9.17) is 9.41 Å². The van der Waals surface area contributed by atoms with E-state index in [1.807, 2.05) is 54.2 Å². The number of anilines is 1. The minimum Gasteiger partial charge on any atom is -0.411 e. The van der Waals surface area contributed by atoms with Gasteiger partial charge in [0.25, 0.3) is 0 Å². The van der Waals surface area contributed by atoms with Crippen LogP contribution < -0.4 is 10.6 Å². The van der Waals surface area contributed by atoms with E-state index in [0.29, 0.717) is 12.4 Å². The molecule has 3 rings (SSSR count). The second-order valence-electron chi connectivity index (χ2n) is 9.63. The number of fused-ring (bicyclic) bond motifs is 1. The lowest BCUT2D eigenvalue weighted by Crippen LogP contribution is -2.40. The topological polar surface area (TPSA) is 81.1 Å². The fourth-order valence-electron chi connectivity index (χ4n) is 3.24. The fourth-order valence-corrected chi connectivity index (χ4v) is 4.17. The molecule has 2 heterocycles. The van der Waals surface area contributed by atoms with E-state index >= 15 is 0 Å². The van der Waals surface area contributed by atoms with Gasteiger partial charge in [0, 0.05) is 11.9 Å².